The minimum Gasteiger partial charge on any atom is -0.341 e. The van der Waals surface area contributed by atoms with Crippen LogP contribution in [0.15, 0.2) is 0 Å². The molecule has 0 aromatic heterocycles. The van der Waals surface area contributed by atoms with Crippen LogP contribution >= 0.6 is 0 Å². The third kappa shape index (κ3) is 3.36. The summed E-state index contributed by atoms with van der Waals surface area (Å²) in [6.45, 7) is 3.94. The quantitative estimate of drug-likeness (QED) is 0.819. The largest absolute Gasteiger partial charge is 0.341 e. The Kier molecular flexibility index (Phi) is 4.61. The predicted octanol–water partition coefficient (Wildman–Crippen LogP) is 1.14. The summed E-state index contributed by atoms with van der Waals surface area (Å²) in [5, 5.41) is 2.72. The van der Waals surface area contributed by atoms with Gasteiger partial charge in [0.2, 0.25) is 5.91 Å². The van der Waals surface area contributed by atoms with Gasteiger partial charge in [-0.05, 0) is 32.6 Å². The Morgan fingerprint density at radius 2 is 2.16 bits per heavy atom. The van der Waals surface area contributed by atoms with Gasteiger partial charge in [-0.3, -0.25) is 4.79 Å². The highest BCUT2D eigenvalue weighted by atomic mass is 19.1. The Morgan fingerprint density at radius 1 is 1.37 bits per heavy atom. The van der Waals surface area contributed by atoms with Gasteiger partial charge in [0.15, 0.2) is 0 Å². The molecule has 1 heterocycles. The summed E-state index contributed by atoms with van der Waals surface area (Å²) < 4.78 is 13.5. The van der Waals surface area contributed by atoms with Crippen molar-refractivity contribution in [3.63, 3.8) is 0 Å². The molecule has 0 bridgehead atoms. The average Bonchev–Trinajstić information content (AvgIpc) is 2.68. The highest BCUT2D eigenvalue weighted by Crippen LogP contribution is 2.22. The van der Waals surface area contributed by atoms with Crippen molar-refractivity contribution in [2.75, 3.05) is 26.2 Å². The number of carbonyl (C=O) groups excluding carboxylic acids is 2. The molecule has 1 aliphatic carbocycles. The van der Waals surface area contributed by atoms with Gasteiger partial charge >= 0.3 is 6.03 Å². The van der Waals surface area contributed by atoms with Crippen LogP contribution < -0.4 is 5.32 Å². The summed E-state index contributed by atoms with van der Waals surface area (Å²) in [5.41, 5.74) is 0. The number of rotatable bonds is 2. The van der Waals surface area contributed by atoms with E-state index < -0.39 is 6.17 Å². The number of nitrogens with zero attached hydrogens (tertiary/aromatic N) is 2. The molecular weight excluding hydrogens is 249 g/mol. The van der Waals surface area contributed by atoms with Gasteiger partial charge < -0.3 is 15.1 Å². The lowest BCUT2D eigenvalue weighted by Gasteiger charge is -2.24. The van der Waals surface area contributed by atoms with E-state index in [2.05, 4.69) is 5.32 Å². The van der Waals surface area contributed by atoms with E-state index in [0.717, 1.165) is 12.8 Å². The number of halogens is 1. The maximum Gasteiger partial charge on any atom is 0.318 e. The molecule has 19 heavy (non-hydrogen) atoms. The molecule has 2 atom stereocenters. The molecule has 0 aromatic rings. The average molecular weight is 271 g/mol. The van der Waals surface area contributed by atoms with Gasteiger partial charge in [-0.1, -0.05) is 0 Å². The molecule has 108 valence electrons. The maximum atomic E-state index is 13.5. The van der Waals surface area contributed by atoms with Crippen LogP contribution in [0.25, 0.3) is 0 Å². The zero-order valence-electron chi connectivity index (χ0n) is 11.4. The van der Waals surface area contributed by atoms with E-state index >= 15 is 0 Å². The van der Waals surface area contributed by atoms with Crippen LogP contribution in [0.2, 0.25) is 0 Å². The molecule has 5 nitrogen and oxygen atoms in total. The number of hydrogen-bond donors (Lipinski definition) is 1. The van der Waals surface area contributed by atoms with Gasteiger partial charge in [0, 0.05) is 19.6 Å². The smallest absolute Gasteiger partial charge is 0.318 e. The van der Waals surface area contributed by atoms with Crippen LogP contribution in [0, 0.1) is 0 Å². The second-order valence-corrected chi connectivity index (χ2v) is 5.25. The van der Waals surface area contributed by atoms with Crippen molar-refractivity contribution in [3.05, 3.63) is 0 Å². The van der Waals surface area contributed by atoms with Gasteiger partial charge in [0.1, 0.15) is 12.7 Å². The third-order valence-electron chi connectivity index (χ3n) is 3.94. The first-order valence-corrected chi connectivity index (χ1v) is 7.09. The monoisotopic (exact) mass is 271 g/mol. The summed E-state index contributed by atoms with van der Waals surface area (Å²) in [6, 6.07) is -0.686. The molecule has 1 saturated carbocycles. The fourth-order valence-electron chi connectivity index (χ4n) is 2.75. The first-order chi connectivity index (χ1) is 9.11. The molecule has 1 aliphatic heterocycles. The molecule has 1 saturated heterocycles. The molecule has 0 spiro atoms. The first-order valence-electron chi connectivity index (χ1n) is 7.09. The summed E-state index contributed by atoms with van der Waals surface area (Å²) >= 11 is 0. The van der Waals surface area contributed by atoms with Crippen LogP contribution in [0.4, 0.5) is 9.18 Å². The fraction of sp³-hybridized carbons (Fsp3) is 0.846. The fourth-order valence-corrected chi connectivity index (χ4v) is 2.75. The Balaban J connectivity index is 1.90. The van der Waals surface area contributed by atoms with E-state index in [4.69, 9.17) is 0 Å². The van der Waals surface area contributed by atoms with E-state index in [-0.39, 0.29) is 24.5 Å². The number of nitrogens with one attached hydrogen (secondary N) is 1. The standard InChI is InChI=1S/C13H22FN3O2/c1-2-16-7-4-8-17(9-12(16)18)13(19)15-11-6-3-5-10(11)14/h10-11H,2-9H2,1H3,(H,15,19)/t10-,11+/m1/s1. The van der Waals surface area contributed by atoms with Gasteiger partial charge in [-0.15, -0.1) is 0 Å². The molecule has 0 radical (unpaired) electrons. The van der Waals surface area contributed by atoms with Crippen molar-refractivity contribution in [2.24, 2.45) is 0 Å². The maximum absolute atomic E-state index is 13.5. The van der Waals surface area contributed by atoms with E-state index in [9.17, 15) is 14.0 Å². The minimum absolute atomic E-state index is 0.0293. The number of urea groups is 1. The number of carbonyl (C=O) groups is 2. The van der Waals surface area contributed by atoms with Crippen molar-refractivity contribution in [1.82, 2.24) is 15.1 Å². The van der Waals surface area contributed by atoms with Crippen molar-refractivity contribution < 1.29 is 14.0 Å². The lowest BCUT2D eigenvalue weighted by atomic mass is 10.2. The van der Waals surface area contributed by atoms with E-state index in [1.54, 1.807) is 4.90 Å². The van der Waals surface area contributed by atoms with Gasteiger partial charge in [0.05, 0.1) is 6.04 Å². The summed E-state index contributed by atoms with van der Waals surface area (Å²) in [4.78, 5) is 27.2. The topological polar surface area (TPSA) is 52.6 Å². The molecule has 0 aromatic carbocycles. The lowest BCUT2D eigenvalue weighted by molar-refractivity contribution is -0.130. The van der Waals surface area contributed by atoms with Crippen molar-refractivity contribution in [2.45, 2.75) is 44.8 Å². The number of likely N-dealkylation sites (N-methyl/N-ethyl adjacent to an activating group) is 1. The van der Waals surface area contributed by atoms with Gasteiger partial charge in [-0.25, -0.2) is 9.18 Å². The van der Waals surface area contributed by atoms with Crippen LogP contribution in [0.5, 0.6) is 0 Å². The molecular formula is C13H22FN3O2. The van der Waals surface area contributed by atoms with Crippen molar-refractivity contribution in [3.8, 4) is 0 Å². The number of hydrogen-bond acceptors (Lipinski definition) is 2. The van der Waals surface area contributed by atoms with Crippen LogP contribution in [0.3, 0.4) is 0 Å². The van der Waals surface area contributed by atoms with E-state index in [1.807, 2.05) is 6.92 Å². The Hall–Kier alpha value is -1.33. The number of amides is 3. The van der Waals surface area contributed by atoms with E-state index in [0.29, 0.717) is 32.5 Å². The van der Waals surface area contributed by atoms with E-state index in [1.165, 1.54) is 4.90 Å². The normalized spacial score (nSPS) is 28.4. The van der Waals surface area contributed by atoms with Gasteiger partial charge in [0.25, 0.3) is 0 Å². The number of alkyl halides is 1. The molecule has 3 amide bonds. The van der Waals surface area contributed by atoms with Crippen LogP contribution in [-0.2, 0) is 4.79 Å². The highest BCUT2D eigenvalue weighted by molar-refractivity contribution is 5.84. The first kappa shape index (κ1) is 14.1. The summed E-state index contributed by atoms with van der Waals surface area (Å²) in [6.07, 6.45) is 1.85. The molecule has 6 heteroatoms. The Bertz CT molecular complexity index is 351. The second-order valence-electron chi connectivity index (χ2n) is 5.25. The third-order valence-corrected chi connectivity index (χ3v) is 3.94. The lowest BCUT2D eigenvalue weighted by Crippen LogP contribution is -2.48. The predicted molar refractivity (Wildman–Crippen MR) is 69.5 cm³/mol. The summed E-state index contributed by atoms with van der Waals surface area (Å²) in [7, 11) is 0. The Morgan fingerprint density at radius 3 is 2.79 bits per heavy atom. The molecule has 1 N–H and O–H groups in total. The zero-order valence-corrected chi connectivity index (χ0v) is 11.4. The molecule has 2 fully saturated rings. The minimum atomic E-state index is -0.946. The Labute approximate surface area is 113 Å². The van der Waals surface area contributed by atoms with Crippen molar-refractivity contribution >= 4 is 11.9 Å². The molecule has 2 rings (SSSR count). The zero-order chi connectivity index (χ0) is 13.8. The molecule has 2 aliphatic rings. The van der Waals surface area contributed by atoms with Gasteiger partial charge in [-0.2, -0.15) is 0 Å². The molecule has 0 unspecified atom stereocenters. The van der Waals surface area contributed by atoms with Crippen molar-refractivity contribution in [1.29, 1.82) is 0 Å². The van der Waals surface area contributed by atoms with Crippen LogP contribution in [0.1, 0.15) is 32.6 Å². The summed E-state index contributed by atoms with van der Waals surface area (Å²) in [5.74, 6) is -0.0293. The highest BCUT2D eigenvalue weighted by Gasteiger charge is 2.31. The second kappa shape index (κ2) is 6.21. The SMILES string of the molecule is CCN1CCCN(C(=O)N[C@H]2CCC[C@H]2F)CC1=O. The van der Waals surface area contributed by atoms with Crippen LogP contribution in [-0.4, -0.2) is 60.1 Å².